The van der Waals surface area contributed by atoms with Gasteiger partial charge in [0.2, 0.25) is 5.91 Å². The van der Waals surface area contributed by atoms with Crippen molar-refractivity contribution in [2.24, 2.45) is 5.92 Å². The van der Waals surface area contributed by atoms with Gasteiger partial charge in [0.05, 0.1) is 29.3 Å². The van der Waals surface area contributed by atoms with E-state index in [4.69, 9.17) is 9.72 Å². The Labute approximate surface area is 242 Å². The summed E-state index contributed by atoms with van der Waals surface area (Å²) in [6.07, 6.45) is 8.79. The number of imidazole rings is 1. The Morgan fingerprint density at radius 3 is 2.62 bits per heavy atom. The van der Waals surface area contributed by atoms with Gasteiger partial charge < -0.3 is 19.9 Å². The zero-order chi connectivity index (χ0) is 28.3. The van der Waals surface area contributed by atoms with Crippen LogP contribution >= 0.6 is 11.3 Å². The summed E-state index contributed by atoms with van der Waals surface area (Å²) < 4.78 is 8.49. The number of carbonyl (C=O) groups excluding carboxylic acids is 2. The van der Waals surface area contributed by atoms with Crippen LogP contribution in [0.2, 0.25) is 0 Å². The predicted molar refractivity (Wildman–Crippen MR) is 161 cm³/mol. The smallest absolute Gasteiger partial charge is 0.252 e. The molecule has 5 rings (SSSR count). The number of thiophene rings is 1. The third-order valence-corrected chi connectivity index (χ3v) is 9.52. The lowest BCUT2D eigenvalue weighted by atomic mass is 9.96. The maximum atomic E-state index is 13.5. The first-order valence-electron chi connectivity index (χ1n) is 15.1. The van der Waals surface area contributed by atoms with Crippen molar-refractivity contribution in [2.45, 2.75) is 109 Å². The van der Waals surface area contributed by atoms with Crippen molar-refractivity contribution in [2.75, 3.05) is 6.61 Å². The molecule has 2 atom stereocenters. The Morgan fingerprint density at radius 2 is 1.95 bits per heavy atom. The van der Waals surface area contributed by atoms with Crippen LogP contribution in [-0.2, 0) is 16.0 Å². The molecule has 3 heterocycles. The van der Waals surface area contributed by atoms with E-state index >= 15 is 0 Å². The number of carbonyl (C=O) groups is 2. The van der Waals surface area contributed by atoms with Gasteiger partial charge >= 0.3 is 0 Å². The highest BCUT2D eigenvalue weighted by Crippen LogP contribution is 2.40. The van der Waals surface area contributed by atoms with Crippen molar-refractivity contribution in [3.63, 3.8) is 0 Å². The number of nitrogens with zero attached hydrogens (tertiary/aromatic N) is 2. The molecule has 2 aliphatic rings. The van der Waals surface area contributed by atoms with Crippen molar-refractivity contribution in [1.29, 1.82) is 0 Å². The number of hydrogen-bond donors (Lipinski definition) is 2. The Bertz CT molecular complexity index is 1310. The summed E-state index contributed by atoms with van der Waals surface area (Å²) in [6.45, 7) is 9.12. The summed E-state index contributed by atoms with van der Waals surface area (Å²) in [4.78, 5) is 33.1. The lowest BCUT2D eigenvalue weighted by Crippen LogP contribution is -2.50. The topological polar surface area (TPSA) is 85.2 Å². The van der Waals surface area contributed by atoms with Crippen molar-refractivity contribution < 1.29 is 14.3 Å². The fourth-order valence-electron chi connectivity index (χ4n) is 6.60. The van der Waals surface area contributed by atoms with Crippen LogP contribution < -0.4 is 10.6 Å². The molecule has 0 radical (unpaired) electrons. The van der Waals surface area contributed by atoms with Gasteiger partial charge in [-0.05, 0) is 74.1 Å². The first kappa shape index (κ1) is 28.8. The van der Waals surface area contributed by atoms with Gasteiger partial charge in [0.15, 0.2) is 0 Å². The monoisotopic (exact) mass is 564 g/mol. The molecule has 1 spiro atoms. The highest BCUT2D eigenvalue weighted by Gasteiger charge is 2.43. The molecule has 216 valence electrons. The zero-order valence-corrected chi connectivity index (χ0v) is 25.2. The molecule has 1 aliphatic heterocycles. The molecule has 2 N–H and O–H groups in total. The van der Waals surface area contributed by atoms with E-state index in [9.17, 15) is 9.59 Å². The van der Waals surface area contributed by atoms with Gasteiger partial charge in [-0.2, -0.15) is 0 Å². The van der Waals surface area contributed by atoms with E-state index in [-0.39, 0.29) is 29.4 Å². The number of hydrogen-bond acceptors (Lipinski definition) is 5. The fraction of sp³-hybridized carbons (Fsp3) is 0.594. The largest absolute Gasteiger partial charge is 0.373 e. The third-order valence-electron chi connectivity index (χ3n) is 8.64. The summed E-state index contributed by atoms with van der Waals surface area (Å²) >= 11 is 1.74. The molecular formula is C32H44N4O3S. The van der Waals surface area contributed by atoms with Crippen LogP contribution in [0.1, 0.15) is 106 Å². The van der Waals surface area contributed by atoms with Gasteiger partial charge in [-0.25, -0.2) is 4.98 Å². The van der Waals surface area contributed by atoms with E-state index in [1.807, 2.05) is 18.2 Å². The SMILES string of the molecule is CCC(CC)n1c(Cc2cccs2)nc2cc(C(=O)N[C@@H](CC(C)C)C(=O)NC3COC4(CCCC4)C3)ccc21. The molecule has 1 aliphatic carbocycles. The van der Waals surface area contributed by atoms with Crippen molar-refractivity contribution in [1.82, 2.24) is 20.2 Å². The second-order valence-corrected chi connectivity index (χ2v) is 13.1. The molecule has 2 aromatic heterocycles. The minimum atomic E-state index is -0.597. The van der Waals surface area contributed by atoms with Crippen LogP contribution in [0.25, 0.3) is 11.0 Å². The Balaban J connectivity index is 1.33. The molecule has 8 heteroatoms. The van der Waals surface area contributed by atoms with E-state index in [2.05, 4.69) is 60.4 Å². The van der Waals surface area contributed by atoms with Crippen LogP contribution in [-0.4, -0.2) is 45.7 Å². The molecule has 2 amide bonds. The summed E-state index contributed by atoms with van der Waals surface area (Å²) in [7, 11) is 0. The van der Waals surface area contributed by atoms with Gasteiger partial charge in [-0.15, -0.1) is 11.3 Å². The minimum Gasteiger partial charge on any atom is -0.373 e. The van der Waals surface area contributed by atoms with Gasteiger partial charge in [0.25, 0.3) is 5.91 Å². The maximum absolute atomic E-state index is 13.5. The molecule has 1 unspecified atom stereocenters. The molecule has 3 aromatic rings. The quantitative estimate of drug-likeness (QED) is 0.282. The highest BCUT2D eigenvalue weighted by atomic mass is 32.1. The Morgan fingerprint density at radius 1 is 1.18 bits per heavy atom. The minimum absolute atomic E-state index is 0.00400. The Hall–Kier alpha value is -2.71. The molecule has 1 aromatic carbocycles. The third kappa shape index (κ3) is 6.28. The van der Waals surface area contributed by atoms with E-state index in [1.54, 1.807) is 11.3 Å². The molecular weight excluding hydrogens is 520 g/mol. The predicted octanol–water partition coefficient (Wildman–Crippen LogP) is 6.41. The first-order chi connectivity index (χ1) is 19.3. The number of nitrogens with one attached hydrogen (secondary N) is 2. The maximum Gasteiger partial charge on any atom is 0.252 e. The molecule has 7 nitrogen and oxygen atoms in total. The molecule has 0 bridgehead atoms. The van der Waals surface area contributed by atoms with Gasteiger partial charge in [-0.1, -0.05) is 46.6 Å². The van der Waals surface area contributed by atoms with Crippen molar-refractivity contribution in [3.8, 4) is 0 Å². The average molecular weight is 565 g/mol. The average Bonchev–Trinajstić information content (AvgIpc) is 3.74. The number of fused-ring (bicyclic) bond motifs is 1. The van der Waals surface area contributed by atoms with Crippen LogP contribution in [0.15, 0.2) is 35.7 Å². The lowest BCUT2D eigenvalue weighted by molar-refractivity contribution is -0.124. The number of ether oxygens (including phenoxy) is 1. The van der Waals surface area contributed by atoms with Gasteiger partial charge in [0, 0.05) is 22.9 Å². The lowest BCUT2D eigenvalue weighted by Gasteiger charge is -2.23. The normalized spacial score (nSPS) is 19.2. The molecule has 1 saturated carbocycles. The molecule has 40 heavy (non-hydrogen) atoms. The summed E-state index contributed by atoms with van der Waals surface area (Å²) in [5.74, 6) is 0.923. The van der Waals surface area contributed by atoms with E-state index in [0.29, 0.717) is 24.6 Å². The highest BCUT2D eigenvalue weighted by molar-refractivity contribution is 7.09. The second-order valence-electron chi connectivity index (χ2n) is 12.1. The van der Waals surface area contributed by atoms with Crippen molar-refractivity contribution >= 4 is 34.2 Å². The summed E-state index contributed by atoms with van der Waals surface area (Å²) in [6, 6.07) is 9.73. The van der Waals surface area contributed by atoms with Crippen molar-refractivity contribution in [3.05, 3.63) is 52.0 Å². The second kappa shape index (κ2) is 12.4. The fourth-order valence-corrected chi connectivity index (χ4v) is 7.30. The molecule has 1 saturated heterocycles. The Kier molecular flexibility index (Phi) is 8.95. The molecule has 2 fully saturated rings. The number of aromatic nitrogens is 2. The first-order valence-corrected chi connectivity index (χ1v) is 16.0. The zero-order valence-electron chi connectivity index (χ0n) is 24.4. The summed E-state index contributed by atoms with van der Waals surface area (Å²) in [5.41, 5.74) is 2.35. The van der Waals surface area contributed by atoms with E-state index < -0.39 is 6.04 Å². The number of amides is 2. The van der Waals surface area contributed by atoms with Crippen LogP contribution in [0.4, 0.5) is 0 Å². The number of benzene rings is 1. The van der Waals surface area contributed by atoms with Crippen LogP contribution in [0.3, 0.4) is 0 Å². The van der Waals surface area contributed by atoms with E-state index in [1.165, 1.54) is 17.7 Å². The van der Waals surface area contributed by atoms with Crippen LogP contribution in [0, 0.1) is 5.92 Å². The standard InChI is InChI=1S/C32H44N4O3S/c1-5-24(6-2)36-28-12-11-22(17-26(28)34-29(36)18-25-10-9-15-40-25)30(37)35-27(16-21(3)4)31(38)33-23-19-32(39-20-23)13-7-8-14-32/h9-12,15,17,21,23-24,27H,5-8,13-14,16,18-20H2,1-4H3,(H,33,38)(H,35,37)/t23?,27-/m0/s1. The van der Waals surface area contributed by atoms with Crippen LogP contribution in [0.5, 0.6) is 0 Å². The van der Waals surface area contributed by atoms with Gasteiger partial charge in [0.1, 0.15) is 11.9 Å². The number of rotatable bonds is 11. The summed E-state index contributed by atoms with van der Waals surface area (Å²) in [5, 5.41) is 8.32. The van der Waals surface area contributed by atoms with Gasteiger partial charge in [-0.3, -0.25) is 9.59 Å². The van der Waals surface area contributed by atoms with E-state index in [0.717, 1.165) is 55.4 Å².